The molecule has 0 bridgehead atoms. The summed E-state index contributed by atoms with van der Waals surface area (Å²) in [4.78, 5) is 50.9. The van der Waals surface area contributed by atoms with E-state index in [4.69, 9.17) is 0 Å². The first kappa shape index (κ1) is 35.0. The lowest BCUT2D eigenvalue weighted by Crippen LogP contribution is -2.41. The summed E-state index contributed by atoms with van der Waals surface area (Å²) in [5.41, 5.74) is -0.502. The summed E-state index contributed by atoms with van der Waals surface area (Å²) >= 11 is 0.781. The molecule has 11 nitrogen and oxygen atoms in total. The van der Waals surface area contributed by atoms with Gasteiger partial charge in [-0.2, -0.15) is 13.2 Å². The van der Waals surface area contributed by atoms with Gasteiger partial charge in [-0.15, -0.1) is 11.3 Å². The van der Waals surface area contributed by atoms with E-state index in [0.29, 0.717) is 29.7 Å². The normalized spacial score (nSPS) is 15.6. The number of nitrogens with zero attached hydrogens (tertiary/aromatic N) is 5. The van der Waals surface area contributed by atoms with Crippen LogP contribution in [0.15, 0.2) is 46.8 Å². The Balaban J connectivity index is 1.59. The number of nitrogens with one attached hydrogen (secondary N) is 2. The van der Waals surface area contributed by atoms with Gasteiger partial charge in [0.15, 0.2) is 5.69 Å². The average Bonchev–Trinajstić information content (AvgIpc) is 3.57. The summed E-state index contributed by atoms with van der Waals surface area (Å²) in [5, 5.41) is 16.3. The molecule has 5 rings (SSSR count). The van der Waals surface area contributed by atoms with Crippen molar-refractivity contribution in [2.24, 2.45) is 0 Å². The summed E-state index contributed by atoms with van der Waals surface area (Å²) in [6.45, 7) is 11.7. The van der Waals surface area contributed by atoms with Crippen LogP contribution in [0.1, 0.15) is 55.7 Å². The Morgan fingerprint density at radius 3 is 2.58 bits per heavy atom. The van der Waals surface area contributed by atoms with Gasteiger partial charge >= 0.3 is 18.2 Å². The van der Waals surface area contributed by atoms with Gasteiger partial charge in [0, 0.05) is 66.5 Å². The lowest BCUT2D eigenvalue weighted by Gasteiger charge is -2.36. The Morgan fingerprint density at radius 1 is 1.15 bits per heavy atom. The number of hydrogen-bond acceptors (Lipinski definition) is 8. The molecule has 0 saturated carbocycles. The van der Waals surface area contributed by atoms with Gasteiger partial charge in [0.2, 0.25) is 5.43 Å². The number of aromatic nitrogens is 3. The molecule has 0 radical (unpaired) electrons. The van der Waals surface area contributed by atoms with E-state index < -0.39 is 29.3 Å². The van der Waals surface area contributed by atoms with E-state index in [-0.39, 0.29) is 33.4 Å². The highest BCUT2D eigenvalue weighted by Crippen LogP contribution is 2.39. The quantitative estimate of drug-likeness (QED) is 0.175. The molecular weight excluding hydrogens is 647 g/mol. The fourth-order valence-electron chi connectivity index (χ4n) is 6.04. The number of benzene rings is 1. The van der Waals surface area contributed by atoms with E-state index >= 15 is 0 Å². The number of fused-ring (bicyclic) bond motifs is 1. The zero-order valence-electron chi connectivity index (χ0n) is 26.9. The number of aromatic carboxylic acids is 1. The van der Waals surface area contributed by atoms with Crippen LogP contribution >= 0.6 is 11.3 Å². The average molecular weight is 686 g/mol. The van der Waals surface area contributed by atoms with Crippen molar-refractivity contribution in [3.05, 3.63) is 63.5 Å². The van der Waals surface area contributed by atoms with Gasteiger partial charge in [0.05, 0.1) is 5.52 Å². The topological polar surface area (TPSA) is 133 Å². The van der Waals surface area contributed by atoms with E-state index in [0.717, 1.165) is 62.3 Å². The number of carbonyl (C=O) groups excluding carboxylic acids is 1. The molecule has 3 aromatic heterocycles. The van der Waals surface area contributed by atoms with E-state index in [1.807, 2.05) is 4.57 Å². The fourth-order valence-corrected chi connectivity index (χ4v) is 6.90. The molecule has 1 fully saturated rings. The first-order chi connectivity index (χ1) is 22.9. The SMILES string of the molecule is CCNC(=O)Nc1cc(-c2nc(C(F)(F)F)cs2)c(-c2ccc3c(c2)c(=O)c(C(=O)O)cn3[C@H]2CCCN(CCN(CC)CC)C2)cn1. The van der Waals surface area contributed by atoms with Crippen LogP contribution in [0.2, 0.25) is 0 Å². The Morgan fingerprint density at radius 2 is 1.92 bits per heavy atom. The standard InChI is InChI=1S/C33H38F3N7O4S/c1-4-37-32(47)40-28-15-22(30-39-27(19-48-30)33(34,35)36)24(16-38-28)20-9-10-26-23(14-20)29(44)25(31(45)46)18-43(26)21-8-7-11-42(17-21)13-12-41(5-2)6-3/h9-10,14-16,18-19,21H,4-8,11-13,17H2,1-3H3,(H,45,46)(H2,37,38,40,47)/t21-/m0/s1. The molecule has 0 unspecified atom stereocenters. The number of amides is 2. The number of carboxylic acid groups (broad SMARTS) is 1. The summed E-state index contributed by atoms with van der Waals surface area (Å²) in [6.07, 6.45) is -0.127. The molecule has 15 heteroatoms. The minimum absolute atomic E-state index is 0.0301. The predicted molar refractivity (Wildman–Crippen MR) is 180 cm³/mol. The van der Waals surface area contributed by atoms with Crippen molar-refractivity contribution in [2.75, 3.05) is 51.1 Å². The van der Waals surface area contributed by atoms with Crippen molar-refractivity contribution in [3.8, 4) is 21.7 Å². The van der Waals surface area contributed by atoms with E-state index in [2.05, 4.69) is 44.2 Å². The number of piperidine rings is 1. The van der Waals surface area contributed by atoms with Gasteiger partial charge in [0.1, 0.15) is 16.4 Å². The molecule has 1 aromatic carbocycles. The third-order valence-corrected chi connectivity index (χ3v) is 9.46. The number of hydrogen-bond donors (Lipinski definition) is 3. The molecule has 3 N–H and O–H groups in total. The van der Waals surface area contributed by atoms with E-state index in [1.54, 1.807) is 25.1 Å². The van der Waals surface area contributed by atoms with E-state index in [1.165, 1.54) is 18.5 Å². The van der Waals surface area contributed by atoms with Gasteiger partial charge in [-0.1, -0.05) is 19.9 Å². The number of carbonyl (C=O) groups is 2. The summed E-state index contributed by atoms with van der Waals surface area (Å²) < 4.78 is 42.4. The number of anilines is 1. The molecule has 1 saturated heterocycles. The monoisotopic (exact) mass is 685 g/mol. The van der Waals surface area contributed by atoms with Crippen LogP contribution in [-0.4, -0.2) is 87.3 Å². The molecule has 1 atom stereocenters. The van der Waals surface area contributed by atoms with Crippen molar-refractivity contribution >= 4 is 40.1 Å². The number of carboxylic acids is 1. The Bertz CT molecular complexity index is 1860. The van der Waals surface area contributed by atoms with Gasteiger partial charge in [-0.25, -0.2) is 19.6 Å². The summed E-state index contributed by atoms with van der Waals surface area (Å²) in [6, 6.07) is 5.83. The lowest BCUT2D eigenvalue weighted by molar-refractivity contribution is -0.140. The molecule has 0 spiro atoms. The molecule has 2 amide bonds. The van der Waals surface area contributed by atoms with Crippen molar-refractivity contribution in [1.29, 1.82) is 0 Å². The number of likely N-dealkylation sites (N-methyl/N-ethyl adjacent to an activating group) is 1. The van der Waals surface area contributed by atoms with Crippen LogP contribution in [0.5, 0.6) is 0 Å². The van der Waals surface area contributed by atoms with Crippen LogP contribution in [0, 0.1) is 0 Å². The van der Waals surface area contributed by atoms with Gasteiger partial charge in [-0.05, 0) is 63.2 Å². The van der Waals surface area contributed by atoms with Crippen LogP contribution in [-0.2, 0) is 6.18 Å². The summed E-state index contributed by atoms with van der Waals surface area (Å²) in [7, 11) is 0. The first-order valence-electron chi connectivity index (χ1n) is 15.9. The molecule has 256 valence electrons. The van der Waals surface area contributed by atoms with Crippen molar-refractivity contribution < 1.29 is 27.9 Å². The molecule has 4 aromatic rings. The minimum atomic E-state index is -4.66. The van der Waals surface area contributed by atoms with Crippen molar-refractivity contribution in [2.45, 2.75) is 45.8 Å². The maximum Gasteiger partial charge on any atom is 0.434 e. The predicted octanol–water partition coefficient (Wildman–Crippen LogP) is 6.02. The minimum Gasteiger partial charge on any atom is -0.477 e. The number of thiazole rings is 1. The second kappa shape index (κ2) is 14.8. The lowest BCUT2D eigenvalue weighted by atomic mass is 9.98. The zero-order chi connectivity index (χ0) is 34.6. The smallest absolute Gasteiger partial charge is 0.434 e. The van der Waals surface area contributed by atoms with Gasteiger partial charge in [-0.3, -0.25) is 10.1 Å². The van der Waals surface area contributed by atoms with Crippen LogP contribution in [0.3, 0.4) is 0 Å². The van der Waals surface area contributed by atoms with Crippen LogP contribution < -0.4 is 16.1 Å². The largest absolute Gasteiger partial charge is 0.477 e. The summed E-state index contributed by atoms with van der Waals surface area (Å²) in [5.74, 6) is -1.26. The third-order valence-electron chi connectivity index (χ3n) is 8.58. The Labute approximate surface area is 279 Å². The maximum atomic E-state index is 13.6. The molecular formula is C33H38F3N7O4S. The van der Waals surface area contributed by atoms with Crippen molar-refractivity contribution in [3.63, 3.8) is 0 Å². The number of rotatable bonds is 11. The Hall–Kier alpha value is -4.34. The second-order valence-electron chi connectivity index (χ2n) is 11.6. The molecule has 48 heavy (non-hydrogen) atoms. The number of alkyl halides is 3. The van der Waals surface area contributed by atoms with Crippen molar-refractivity contribution in [1.82, 2.24) is 29.7 Å². The molecule has 4 heterocycles. The van der Waals surface area contributed by atoms with Crippen LogP contribution in [0.25, 0.3) is 32.6 Å². The number of halogens is 3. The fraction of sp³-hybridized carbons (Fsp3) is 0.424. The maximum absolute atomic E-state index is 13.6. The zero-order valence-corrected chi connectivity index (χ0v) is 27.7. The molecule has 1 aliphatic heterocycles. The van der Waals surface area contributed by atoms with Gasteiger partial charge < -0.3 is 24.8 Å². The van der Waals surface area contributed by atoms with Gasteiger partial charge in [0.25, 0.3) is 0 Å². The highest BCUT2D eigenvalue weighted by atomic mass is 32.1. The number of pyridine rings is 2. The number of urea groups is 1. The Kier molecular flexibility index (Phi) is 10.8. The highest BCUT2D eigenvalue weighted by Gasteiger charge is 2.34. The van der Waals surface area contributed by atoms with E-state index in [9.17, 15) is 32.7 Å². The molecule has 1 aliphatic rings. The first-order valence-corrected chi connectivity index (χ1v) is 16.8. The second-order valence-corrected chi connectivity index (χ2v) is 12.4. The number of likely N-dealkylation sites (tertiary alicyclic amines) is 1. The highest BCUT2D eigenvalue weighted by molar-refractivity contribution is 7.13. The third kappa shape index (κ3) is 7.69. The van der Waals surface area contributed by atoms with Crippen LogP contribution in [0.4, 0.5) is 23.8 Å². The molecule has 0 aliphatic carbocycles.